The SMILES string of the molecule is COc1ccc(/C=C(\C=C\Cc2ccc(OC)c(OC)c2)CO)cc1OC. The Bertz CT molecular complexity index is 808. The fourth-order valence-corrected chi connectivity index (χ4v) is 2.66. The molecule has 0 aliphatic rings. The van der Waals surface area contributed by atoms with Gasteiger partial charge >= 0.3 is 0 Å². The lowest BCUT2D eigenvalue weighted by molar-refractivity contribution is 0.336. The fourth-order valence-electron chi connectivity index (χ4n) is 2.66. The molecule has 0 aliphatic heterocycles. The zero-order valence-corrected chi connectivity index (χ0v) is 16.2. The predicted octanol–water partition coefficient (Wildman–Crippen LogP) is 3.90. The molecule has 2 rings (SSSR count). The fraction of sp³-hybridized carbons (Fsp3) is 0.273. The third-order valence-corrected chi connectivity index (χ3v) is 4.08. The molecule has 0 aliphatic carbocycles. The van der Waals surface area contributed by atoms with Crippen LogP contribution < -0.4 is 18.9 Å². The average molecular weight is 370 g/mol. The van der Waals surface area contributed by atoms with Crippen LogP contribution in [0.3, 0.4) is 0 Å². The Morgan fingerprint density at radius 3 is 2.00 bits per heavy atom. The van der Waals surface area contributed by atoms with Crippen molar-refractivity contribution in [3.8, 4) is 23.0 Å². The first kappa shape index (κ1) is 20.4. The number of methoxy groups -OCH3 is 4. The minimum absolute atomic E-state index is 0.0588. The standard InChI is InChI=1S/C22H26O5/c1-24-19-10-8-16(13-21(19)26-3)6-5-7-18(15-23)12-17-9-11-20(25-2)22(14-17)27-4/h5,7-14,23H,6,15H2,1-4H3/b7-5+,18-12+. The van der Waals surface area contributed by atoms with Gasteiger partial charge in [0.15, 0.2) is 23.0 Å². The molecule has 0 aromatic heterocycles. The highest BCUT2D eigenvalue weighted by Gasteiger charge is 2.05. The second-order valence-corrected chi connectivity index (χ2v) is 5.79. The van der Waals surface area contributed by atoms with Gasteiger partial charge < -0.3 is 24.1 Å². The van der Waals surface area contributed by atoms with E-state index in [9.17, 15) is 5.11 Å². The van der Waals surface area contributed by atoms with E-state index in [-0.39, 0.29) is 6.61 Å². The quantitative estimate of drug-likeness (QED) is 0.679. The van der Waals surface area contributed by atoms with E-state index in [1.807, 2.05) is 54.6 Å². The van der Waals surface area contributed by atoms with Gasteiger partial charge in [0.1, 0.15) is 0 Å². The molecule has 0 radical (unpaired) electrons. The van der Waals surface area contributed by atoms with Gasteiger partial charge in [0.05, 0.1) is 35.0 Å². The normalized spacial score (nSPS) is 11.5. The van der Waals surface area contributed by atoms with Gasteiger partial charge in [0.2, 0.25) is 0 Å². The number of benzene rings is 2. The highest BCUT2D eigenvalue weighted by atomic mass is 16.5. The summed E-state index contributed by atoms with van der Waals surface area (Å²) in [4.78, 5) is 0. The summed E-state index contributed by atoms with van der Waals surface area (Å²) in [5.74, 6) is 2.73. The molecule has 0 atom stereocenters. The van der Waals surface area contributed by atoms with Gasteiger partial charge in [-0.15, -0.1) is 0 Å². The van der Waals surface area contributed by atoms with Crippen molar-refractivity contribution in [1.29, 1.82) is 0 Å². The van der Waals surface area contributed by atoms with Crippen LogP contribution in [0, 0.1) is 0 Å². The second-order valence-electron chi connectivity index (χ2n) is 5.79. The Labute approximate surface area is 160 Å². The van der Waals surface area contributed by atoms with E-state index in [2.05, 4.69) is 0 Å². The van der Waals surface area contributed by atoms with Crippen LogP contribution in [0.1, 0.15) is 11.1 Å². The molecule has 5 nitrogen and oxygen atoms in total. The maximum Gasteiger partial charge on any atom is 0.161 e. The molecule has 1 N–H and O–H groups in total. The first-order chi connectivity index (χ1) is 13.1. The molecule has 2 aromatic carbocycles. The zero-order chi connectivity index (χ0) is 19.6. The number of allylic oxidation sites excluding steroid dienone is 1. The minimum Gasteiger partial charge on any atom is -0.493 e. The number of ether oxygens (including phenoxy) is 4. The number of rotatable bonds is 9. The Hall–Kier alpha value is -2.92. The lowest BCUT2D eigenvalue weighted by Crippen LogP contribution is -1.93. The van der Waals surface area contributed by atoms with Crippen molar-refractivity contribution in [3.63, 3.8) is 0 Å². The van der Waals surface area contributed by atoms with Gasteiger partial charge in [-0.05, 0) is 53.5 Å². The topological polar surface area (TPSA) is 57.2 Å². The number of aliphatic hydroxyl groups excluding tert-OH is 1. The minimum atomic E-state index is -0.0588. The van der Waals surface area contributed by atoms with Crippen molar-refractivity contribution < 1.29 is 24.1 Å². The number of hydrogen-bond acceptors (Lipinski definition) is 5. The van der Waals surface area contributed by atoms with E-state index >= 15 is 0 Å². The predicted molar refractivity (Wildman–Crippen MR) is 107 cm³/mol. The summed E-state index contributed by atoms with van der Waals surface area (Å²) < 4.78 is 21.1. The van der Waals surface area contributed by atoms with E-state index in [0.717, 1.165) is 16.7 Å². The van der Waals surface area contributed by atoms with Crippen LogP contribution in [0.15, 0.2) is 54.1 Å². The molecule has 5 heteroatoms. The van der Waals surface area contributed by atoms with E-state index in [1.165, 1.54) is 0 Å². The van der Waals surface area contributed by atoms with Crippen LogP contribution >= 0.6 is 0 Å². The maximum absolute atomic E-state index is 9.65. The molecular formula is C22H26O5. The largest absolute Gasteiger partial charge is 0.493 e. The smallest absolute Gasteiger partial charge is 0.161 e. The van der Waals surface area contributed by atoms with Crippen LogP contribution in [0.2, 0.25) is 0 Å². The molecule has 0 amide bonds. The summed E-state index contributed by atoms with van der Waals surface area (Å²) in [6, 6.07) is 11.4. The number of hydrogen-bond donors (Lipinski definition) is 1. The third kappa shape index (κ3) is 5.53. The third-order valence-electron chi connectivity index (χ3n) is 4.08. The van der Waals surface area contributed by atoms with Crippen molar-refractivity contribution in [3.05, 3.63) is 65.3 Å². The second kappa shape index (κ2) is 10.3. The summed E-state index contributed by atoms with van der Waals surface area (Å²) in [5, 5.41) is 9.65. The van der Waals surface area contributed by atoms with Crippen molar-refractivity contribution >= 4 is 6.08 Å². The maximum atomic E-state index is 9.65. The van der Waals surface area contributed by atoms with Crippen molar-refractivity contribution in [2.45, 2.75) is 6.42 Å². The molecule has 2 aromatic rings. The first-order valence-electron chi connectivity index (χ1n) is 8.56. The van der Waals surface area contributed by atoms with Gasteiger partial charge in [-0.3, -0.25) is 0 Å². The number of aliphatic hydroxyl groups is 1. The van der Waals surface area contributed by atoms with E-state index in [0.29, 0.717) is 29.4 Å². The Balaban J connectivity index is 2.13. The molecule has 0 bridgehead atoms. The molecule has 0 unspecified atom stereocenters. The van der Waals surface area contributed by atoms with Crippen LogP contribution in [-0.4, -0.2) is 40.2 Å². The van der Waals surface area contributed by atoms with Crippen LogP contribution in [0.4, 0.5) is 0 Å². The van der Waals surface area contributed by atoms with E-state index < -0.39 is 0 Å². The van der Waals surface area contributed by atoms with Gasteiger partial charge in [0.25, 0.3) is 0 Å². The monoisotopic (exact) mass is 370 g/mol. The molecule has 0 saturated carbocycles. The summed E-state index contributed by atoms with van der Waals surface area (Å²) in [5.41, 5.74) is 2.81. The van der Waals surface area contributed by atoms with E-state index in [1.54, 1.807) is 28.4 Å². The first-order valence-corrected chi connectivity index (χ1v) is 8.56. The summed E-state index contributed by atoms with van der Waals surface area (Å²) in [6.07, 6.45) is 6.54. The van der Waals surface area contributed by atoms with Crippen LogP contribution in [-0.2, 0) is 6.42 Å². The van der Waals surface area contributed by atoms with Gasteiger partial charge in [-0.1, -0.05) is 24.3 Å². The lowest BCUT2D eigenvalue weighted by Gasteiger charge is -2.09. The van der Waals surface area contributed by atoms with Crippen molar-refractivity contribution in [2.75, 3.05) is 35.0 Å². The van der Waals surface area contributed by atoms with E-state index in [4.69, 9.17) is 18.9 Å². The molecule has 0 saturated heterocycles. The van der Waals surface area contributed by atoms with Crippen LogP contribution in [0.25, 0.3) is 6.08 Å². The summed E-state index contributed by atoms with van der Waals surface area (Å²) >= 11 is 0. The van der Waals surface area contributed by atoms with Gasteiger partial charge in [-0.2, -0.15) is 0 Å². The summed E-state index contributed by atoms with van der Waals surface area (Å²) in [6.45, 7) is -0.0588. The molecule has 0 spiro atoms. The average Bonchev–Trinajstić information content (AvgIpc) is 2.72. The highest BCUT2D eigenvalue weighted by Crippen LogP contribution is 2.29. The Kier molecular flexibility index (Phi) is 7.77. The van der Waals surface area contributed by atoms with Gasteiger partial charge in [-0.25, -0.2) is 0 Å². The van der Waals surface area contributed by atoms with Crippen molar-refractivity contribution in [1.82, 2.24) is 0 Å². The lowest BCUT2D eigenvalue weighted by atomic mass is 10.1. The Morgan fingerprint density at radius 2 is 1.41 bits per heavy atom. The molecule has 0 heterocycles. The molecule has 144 valence electrons. The Morgan fingerprint density at radius 1 is 0.815 bits per heavy atom. The summed E-state index contributed by atoms with van der Waals surface area (Å²) in [7, 11) is 6.43. The highest BCUT2D eigenvalue weighted by molar-refractivity contribution is 5.60. The van der Waals surface area contributed by atoms with Crippen LogP contribution in [0.5, 0.6) is 23.0 Å². The molecule has 0 fully saturated rings. The molecule has 27 heavy (non-hydrogen) atoms. The zero-order valence-electron chi connectivity index (χ0n) is 16.2. The van der Waals surface area contributed by atoms with Gasteiger partial charge in [0, 0.05) is 0 Å². The van der Waals surface area contributed by atoms with Crippen molar-refractivity contribution in [2.24, 2.45) is 0 Å². The molecular weight excluding hydrogens is 344 g/mol.